The van der Waals surface area contributed by atoms with E-state index < -0.39 is 4.87 Å². The topological polar surface area (TPSA) is 29.1 Å². The number of hydrogen-bond acceptors (Lipinski definition) is 2. The third-order valence-electron chi connectivity index (χ3n) is 2.10. The van der Waals surface area contributed by atoms with Crippen LogP contribution in [0.4, 0.5) is 5.69 Å². The predicted molar refractivity (Wildman–Crippen MR) is 77.4 cm³/mol. The first-order valence-electron chi connectivity index (χ1n) is 5.25. The fourth-order valence-corrected chi connectivity index (χ4v) is 2.54. The Labute approximate surface area is 116 Å². The van der Waals surface area contributed by atoms with Crippen molar-refractivity contribution in [3.63, 3.8) is 0 Å². The Morgan fingerprint density at radius 2 is 2.06 bits per heavy atom. The number of thioether (sulfide) groups is 1. The summed E-state index contributed by atoms with van der Waals surface area (Å²) < 4.78 is 0. The van der Waals surface area contributed by atoms with Gasteiger partial charge in [0, 0.05) is 23.1 Å². The third-order valence-corrected chi connectivity index (χ3v) is 4.25. The molecular formula is C12H15Cl2NOS. The van der Waals surface area contributed by atoms with E-state index in [9.17, 15) is 4.79 Å². The van der Waals surface area contributed by atoms with Crippen molar-refractivity contribution in [2.45, 2.75) is 11.8 Å². The first-order valence-corrected chi connectivity index (χ1v) is 7.32. The molecule has 1 rings (SSSR count). The van der Waals surface area contributed by atoms with Crippen LogP contribution in [0.3, 0.4) is 0 Å². The molecule has 0 radical (unpaired) electrons. The Bertz CT molecular complexity index is 357. The predicted octanol–water partition coefficient (Wildman–Crippen LogP) is 3.59. The summed E-state index contributed by atoms with van der Waals surface area (Å²) in [5.74, 6) is 1.72. The molecule has 2 nitrogen and oxygen atoms in total. The highest BCUT2D eigenvalue weighted by Crippen LogP contribution is 2.23. The molecule has 0 unspecified atom stereocenters. The maximum absolute atomic E-state index is 11.9. The summed E-state index contributed by atoms with van der Waals surface area (Å²) in [7, 11) is 0. The Balaban J connectivity index is 2.51. The van der Waals surface area contributed by atoms with Crippen molar-refractivity contribution in [3.8, 4) is 0 Å². The fourth-order valence-electron chi connectivity index (χ4n) is 1.17. The molecule has 0 aliphatic heterocycles. The number of benzene rings is 1. The Morgan fingerprint density at radius 3 is 2.65 bits per heavy atom. The molecule has 0 spiro atoms. The molecule has 0 bridgehead atoms. The van der Waals surface area contributed by atoms with Crippen molar-refractivity contribution in [1.82, 2.24) is 0 Å². The van der Waals surface area contributed by atoms with Gasteiger partial charge in [0.05, 0.1) is 0 Å². The van der Waals surface area contributed by atoms with Gasteiger partial charge < -0.3 is 5.32 Å². The van der Waals surface area contributed by atoms with Crippen LogP contribution < -0.4 is 5.32 Å². The Hall–Kier alpha value is -0.380. The lowest BCUT2D eigenvalue weighted by atomic mass is 10.2. The smallest absolute Gasteiger partial charge is 0.246 e. The molecule has 1 aromatic carbocycles. The molecule has 5 heteroatoms. The number of hydrogen-bond donors (Lipinski definition) is 1. The van der Waals surface area contributed by atoms with Crippen molar-refractivity contribution >= 4 is 46.6 Å². The average Bonchev–Trinajstić information content (AvgIpc) is 2.30. The maximum Gasteiger partial charge on any atom is 0.246 e. The summed E-state index contributed by atoms with van der Waals surface area (Å²) in [6.45, 7) is 1.72. The average molecular weight is 292 g/mol. The highest BCUT2D eigenvalue weighted by atomic mass is 35.5. The second-order valence-corrected chi connectivity index (χ2v) is 6.08. The van der Waals surface area contributed by atoms with Gasteiger partial charge in [0.1, 0.15) is 4.87 Å². The number of alkyl halides is 2. The summed E-state index contributed by atoms with van der Waals surface area (Å²) >= 11 is 13.3. The largest absolute Gasteiger partial charge is 0.325 e. The van der Waals surface area contributed by atoms with Crippen molar-refractivity contribution in [2.24, 2.45) is 0 Å². The molecule has 17 heavy (non-hydrogen) atoms. The van der Waals surface area contributed by atoms with Gasteiger partial charge in [-0.1, -0.05) is 18.2 Å². The first kappa shape index (κ1) is 14.7. The molecule has 0 aromatic heterocycles. The molecule has 0 fully saturated rings. The number of rotatable bonds is 6. The standard InChI is InChI=1S/C12H15Cl2NOS/c1-12(14,9-17-8-7-13)11(16)15-10-5-3-2-4-6-10/h2-6H,7-9H2,1H3,(H,15,16)/t12-/m0/s1. The van der Waals surface area contributed by atoms with Gasteiger partial charge in [0.25, 0.3) is 0 Å². The normalized spacial score (nSPS) is 14.1. The SMILES string of the molecule is C[C@](Cl)(CSCCCl)C(=O)Nc1ccccc1. The van der Waals surface area contributed by atoms with E-state index in [0.717, 1.165) is 11.4 Å². The van der Waals surface area contributed by atoms with Gasteiger partial charge in [-0.25, -0.2) is 0 Å². The Morgan fingerprint density at radius 1 is 1.41 bits per heavy atom. The second-order valence-electron chi connectivity index (χ2n) is 3.76. The van der Waals surface area contributed by atoms with Crippen molar-refractivity contribution in [2.75, 3.05) is 22.7 Å². The van der Waals surface area contributed by atoms with E-state index in [1.54, 1.807) is 18.7 Å². The summed E-state index contributed by atoms with van der Waals surface area (Å²) in [5, 5.41) is 2.79. The van der Waals surface area contributed by atoms with Gasteiger partial charge in [-0.2, -0.15) is 11.8 Å². The number of amides is 1. The molecule has 0 aliphatic rings. The molecule has 0 saturated heterocycles. The van der Waals surface area contributed by atoms with E-state index in [4.69, 9.17) is 23.2 Å². The molecule has 0 aliphatic carbocycles. The minimum absolute atomic E-state index is 0.188. The minimum atomic E-state index is -0.910. The highest BCUT2D eigenvalue weighted by molar-refractivity contribution is 7.99. The van der Waals surface area contributed by atoms with Crippen LogP contribution in [0, 0.1) is 0 Å². The lowest BCUT2D eigenvalue weighted by molar-refractivity contribution is -0.117. The van der Waals surface area contributed by atoms with E-state index in [1.807, 2.05) is 30.3 Å². The highest BCUT2D eigenvalue weighted by Gasteiger charge is 2.30. The minimum Gasteiger partial charge on any atom is -0.325 e. The van der Waals surface area contributed by atoms with Gasteiger partial charge in [-0.3, -0.25) is 4.79 Å². The molecule has 1 aromatic rings. The van der Waals surface area contributed by atoms with Crippen LogP contribution in [0.5, 0.6) is 0 Å². The lowest BCUT2D eigenvalue weighted by Gasteiger charge is -2.20. The van der Waals surface area contributed by atoms with Crippen molar-refractivity contribution in [3.05, 3.63) is 30.3 Å². The second kappa shape index (κ2) is 7.14. The van der Waals surface area contributed by atoms with Gasteiger partial charge in [0.2, 0.25) is 5.91 Å². The maximum atomic E-state index is 11.9. The van der Waals surface area contributed by atoms with Crippen LogP contribution in [0.1, 0.15) is 6.92 Å². The molecule has 0 saturated carbocycles. The first-order chi connectivity index (χ1) is 8.06. The summed E-state index contributed by atoms with van der Waals surface area (Å²) in [6.07, 6.45) is 0. The van der Waals surface area contributed by atoms with E-state index >= 15 is 0 Å². The number of anilines is 1. The van der Waals surface area contributed by atoms with Crippen LogP contribution in [-0.2, 0) is 4.79 Å². The molecule has 0 heterocycles. The van der Waals surface area contributed by atoms with Gasteiger partial charge in [-0.05, 0) is 19.1 Å². The quantitative estimate of drug-likeness (QED) is 0.641. The van der Waals surface area contributed by atoms with Gasteiger partial charge >= 0.3 is 0 Å². The number of halogens is 2. The van der Waals surface area contributed by atoms with Crippen LogP contribution >= 0.6 is 35.0 Å². The van der Waals surface area contributed by atoms with E-state index in [1.165, 1.54) is 0 Å². The zero-order valence-corrected chi connectivity index (χ0v) is 11.9. The monoisotopic (exact) mass is 291 g/mol. The van der Waals surface area contributed by atoms with Gasteiger partial charge in [-0.15, -0.1) is 23.2 Å². The molecular weight excluding hydrogens is 277 g/mol. The van der Waals surface area contributed by atoms with E-state index in [2.05, 4.69) is 5.32 Å². The number of carbonyl (C=O) groups excluding carboxylic acids is 1. The van der Waals surface area contributed by atoms with Crippen LogP contribution in [0.25, 0.3) is 0 Å². The summed E-state index contributed by atoms with van der Waals surface area (Å²) in [6, 6.07) is 9.28. The number of carbonyl (C=O) groups is 1. The Kier molecular flexibility index (Phi) is 6.17. The van der Waals surface area contributed by atoms with Gasteiger partial charge in [0.15, 0.2) is 0 Å². The van der Waals surface area contributed by atoms with Crippen LogP contribution in [0.2, 0.25) is 0 Å². The van der Waals surface area contributed by atoms with Crippen LogP contribution in [0.15, 0.2) is 30.3 Å². The zero-order valence-electron chi connectivity index (χ0n) is 9.58. The summed E-state index contributed by atoms with van der Waals surface area (Å²) in [4.78, 5) is 11.0. The van der Waals surface area contributed by atoms with E-state index in [-0.39, 0.29) is 5.91 Å². The third kappa shape index (κ3) is 5.19. The molecule has 1 atom stereocenters. The number of para-hydroxylation sites is 1. The zero-order chi connectivity index (χ0) is 12.7. The molecule has 1 N–H and O–H groups in total. The van der Waals surface area contributed by atoms with Crippen molar-refractivity contribution < 1.29 is 4.79 Å². The molecule has 1 amide bonds. The van der Waals surface area contributed by atoms with Crippen LogP contribution in [-0.4, -0.2) is 28.2 Å². The van der Waals surface area contributed by atoms with E-state index in [0.29, 0.717) is 11.6 Å². The number of nitrogens with one attached hydrogen (secondary N) is 1. The molecule has 94 valence electrons. The summed E-state index contributed by atoms with van der Waals surface area (Å²) in [5.41, 5.74) is 0.756. The lowest BCUT2D eigenvalue weighted by Crippen LogP contribution is -2.37. The fraction of sp³-hybridized carbons (Fsp3) is 0.417. The van der Waals surface area contributed by atoms with Crippen molar-refractivity contribution in [1.29, 1.82) is 0 Å².